The molecule has 4 rings (SSSR count). The Hall–Kier alpha value is -3.65. The quantitative estimate of drug-likeness (QED) is 0.477. The summed E-state index contributed by atoms with van der Waals surface area (Å²) in [7, 11) is -3.95. The maximum Gasteiger partial charge on any atom is 0.264 e. The van der Waals surface area contributed by atoms with Gasteiger partial charge in [0.05, 0.1) is 10.6 Å². The number of likely N-dealkylation sites (tertiary alicyclic amines) is 1. The molecule has 1 aliphatic rings. The van der Waals surface area contributed by atoms with Crippen molar-refractivity contribution in [3.05, 3.63) is 95.1 Å². The van der Waals surface area contributed by atoms with Gasteiger partial charge in [-0.15, -0.1) is 0 Å². The summed E-state index contributed by atoms with van der Waals surface area (Å²) in [4.78, 5) is 26.7. The van der Waals surface area contributed by atoms with Crippen LogP contribution in [0.4, 0.5) is 5.69 Å². The zero-order valence-corrected chi connectivity index (χ0v) is 21.4. The van der Waals surface area contributed by atoms with Crippen molar-refractivity contribution in [3.63, 3.8) is 0 Å². The van der Waals surface area contributed by atoms with Crippen molar-refractivity contribution in [2.24, 2.45) is 0 Å². The Morgan fingerprint density at radius 1 is 0.944 bits per heavy atom. The van der Waals surface area contributed by atoms with E-state index in [2.05, 4.69) is 5.32 Å². The number of nitrogens with one attached hydrogen (secondary N) is 1. The Morgan fingerprint density at radius 2 is 1.64 bits per heavy atom. The van der Waals surface area contributed by atoms with Crippen molar-refractivity contribution < 1.29 is 18.0 Å². The molecule has 188 valence electrons. The van der Waals surface area contributed by atoms with E-state index < -0.39 is 15.9 Å². The van der Waals surface area contributed by atoms with Crippen LogP contribution in [0.5, 0.6) is 0 Å². The number of rotatable bonds is 9. The maximum absolute atomic E-state index is 13.5. The highest BCUT2D eigenvalue weighted by molar-refractivity contribution is 7.92. The number of hydrogen-bond donors (Lipinski definition) is 1. The molecule has 8 heteroatoms. The van der Waals surface area contributed by atoms with Crippen LogP contribution < -0.4 is 9.62 Å². The molecule has 1 aliphatic heterocycles. The lowest BCUT2D eigenvalue weighted by Crippen LogP contribution is -2.40. The fourth-order valence-electron chi connectivity index (χ4n) is 4.18. The molecule has 3 aromatic rings. The Kier molecular flexibility index (Phi) is 7.74. The third-order valence-electron chi connectivity index (χ3n) is 6.24. The average molecular weight is 506 g/mol. The number of carbonyl (C=O) groups excluding carboxylic acids is 2. The lowest BCUT2D eigenvalue weighted by molar-refractivity contribution is -0.128. The largest absolute Gasteiger partial charge is 0.350 e. The van der Waals surface area contributed by atoms with Crippen molar-refractivity contribution in [2.45, 2.75) is 44.7 Å². The number of sulfonamides is 1. The van der Waals surface area contributed by atoms with E-state index in [1.165, 1.54) is 0 Å². The minimum absolute atomic E-state index is 0.134. The van der Waals surface area contributed by atoms with E-state index in [0.717, 1.165) is 39.5 Å². The minimum atomic E-state index is -3.95. The Labute approximate surface area is 212 Å². The highest BCUT2D eigenvalue weighted by Gasteiger charge is 2.27. The number of hydrogen-bond acceptors (Lipinski definition) is 4. The molecule has 36 heavy (non-hydrogen) atoms. The molecule has 2 amide bonds. The molecule has 0 radical (unpaired) electrons. The van der Waals surface area contributed by atoms with Crippen LogP contribution in [0.25, 0.3) is 0 Å². The van der Waals surface area contributed by atoms with Gasteiger partial charge >= 0.3 is 0 Å². The summed E-state index contributed by atoms with van der Waals surface area (Å²) in [5.41, 5.74) is 4.21. The summed E-state index contributed by atoms with van der Waals surface area (Å²) in [5.74, 6) is -0.218. The van der Waals surface area contributed by atoms with Gasteiger partial charge in [-0.25, -0.2) is 8.42 Å². The normalized spacial score (nSPS) is 13.6. The molecule has 0 aromatic heterocycles. The van der Waals surface area contributed by atoms with Gasteiger partial charge in [-0.2, -0.15) is 0 Å². The van der Waals surface area contributed by atoms with Crippen molar-refractivity contribution in [2.75, 3.05) is 17.4 Å². The number of nitrogens with zero attached hydrogens (tertiary/aromatic N) is 2. The maximum atomic E-state index is 13.5. The van der Waals surface area contributed by atoms with Gasteiger partial charge < -0.3 is 10.2 Å². The van der Waals surface area contributed by atoms with Crippen LogP contribution in [0.15, 0.2) is 77.7 Å². The van der Waals surface area contributed by atoms with Gasteiger partial charge in [0.15, 0.2) is 0 Å². The van der Waals surface area contributed by atoms with Crippen LogP contribution in [0.2, 0.25) is 0 Å². The Morgan fingerprint density at radius 3 is 2.28 bits per heavy atom. The number of carbonyl (C=O) groups is 2. The Balaban J connectivity index is 1.44. The molecule has 1 heterocycles. The number of amides is 2. The molecule has 0 spiro atoms. The molecule has 7 nitrogen and oxygen atoms in total. The molecule has 0 saturated carbocycles. The first-order valence-corrected chi connectivity index (χ1v) is 13.4. The number of aryl methyl sites for hydroxylation is 2. The van der Waals surface area contributed by atoms with Crippen LogP contribution in [0, 0.1) is 13.8 Å². The van der Waals surface area contributed by atoms with Crippen molar-refractivity contribution in [3.8, 4) is 0 Å². The number of anilines is 1. The first-order valence-electron chi connectivity index (χ1n) is 12.0. The van der Waals surface area contributed by atoms with Gasteiger partial charge in [0.1, 0.15) is 6.54 Å². The zero-order chi connectivity index (χ0) is 25.7. The minimum Gasteiger partial charge on any atom is -0.350 e. The molecule has 3 aromatic carbocycles. The zero-order valence-electron chi connectivity index (χ0n) is 20.6. The molecule has 1 N–H and O–H groups in total. The summed E-state index contributed by atoms with van der Waals surface area (Å²) in [6, 6.07) is 21.4. The second-order valence-corrected chi connectivity index (χ2v) is 11.0. The van der Waals surface area contributed by atoms with E-state index in [0.29, 0.717) is 18.7 Å². The molecule has 1 saturated heterocycles. The topological polar surface area (TPSA) is 86.8 Å². The van der Waals surface area contributed by atoms with E-state index in [1.807, 2.05) is 49.1 Å². The van der Waals surface area contributed by atoms with Crippen LogP contribution >= 0.6 is 0 Å². The third kappa shape index (κ3) is 6.12. The fourth-order valence-corrected chi connectivity index (χ4v) is 5.59. The van der Waals surface area contributed by atoms with Crippen LogP contribution in [-0.4, -0.2) is 38.2 Å². The standard InChI is InChI=1S/C28H31N3O4S/c1-21-8-14-26(15-9-21)36(34,35)31(25-6-3-5-22(2)17-25)20-27(32)29-18-23-10-12-24(13-11-23)19-30-16-4-7-28(30)33/h3,5-6,8-15,17H,4,7,16,18-20H2,1-2H3,(H,29,32). The van der Waals surface area contributed by atoms with Crippen LogP contribution in [0.3, 0.4) is 0 Å². The molecular formula is C28H31N3O4S. The van der Waals surface area contributed by atoms with Crippen LogP contribution in [0.1, 0.15) is 35.1 Å². The number of benzene rings is 3. The lowest BCUT2D eigenvalue weighted by Gasteiger charge is -2.24. The molecule has 0 atom stereocenters. The van der Waals surface area contributed by atoms with Gasteiger partial charge in [-0.3, -0.25) is 13.9 Å². The van der Waals surface area contributed by atoms with Gasteiger partial charge in [-0.1, -0.05) is 54.1 Å². The predicted octanol–water partition coefficient (Wildman–Crippen LogP) is 3.94. The lowest BCUT2D eigenvalue weighted by atomic mass is 10.1. The predicted molar refractivity (Wildman–Crippen MR) is 140 cm³/mol. The van der Waals surface area contributed by atoms with E-state index in [-0.39, 0.29) is 23.9 Å². The van der Waals surface area contributed by atoms with Gasteiger partial charge in [-0.05, 0) is 61.2 Å². The average Bonchev–Trinajstić information content (AvgIpc) is 3.26. The Bertz CT molecular complexity index is 1340. The summed E-state index contributed by atoms with van der Waals surface area (Å²) in [6.07, 6.45) is 1.52. The first-order chi connectivity index (χ1) is 17.2. The fraction of sp³-hybridized carbons (Fsp3) is 0.286. The monoisotopic (exact) mass is 505 g/mol. The smallest absolute Gasteiger partial charge is 0.264 e. The first kappa shape index (κ1) is 25.4. The molecule has 0 aliphatic carbocycles. The molecule has 0 bridgehead atoms. The second-order valence-electron chi connectivity index (χ2n) is 9.18. The van der Waals surface area contributed by atoms with E-state index in [4.69, 9.17) is 0 Å². The summed E-state index contributed by atoms with van der Waals surface area (Å²) < 4.78 is 28.1. The SMILES string of the molecule is Cc1ccc(S(=O)(=O)N(CC(=O)NCc2ccc(CN3CCCC3=O)cc2)c2cccc(C)c2)cc1. The molecular weight excluding hydrogens is 474 g/mol. The molecule has 1 fully saturated rings. The van der Waals surface area contributed by atoms with Gasteiger partial charge in [0.25, 0.3) is 10.0 Å². The highest BCUT2D eigenvalue weighted by atomic mass is 32.2. The summed E-state index contributed by atoms with van der Waals surface area (Å²) in [5, 5.41) is 2.84. The van der Waals surface area contributed by atoms with Crippen molar-refractivity contribution in [1.29, 1.82) is 0 Å². The van der Waals surface area contributed by atoms with Crippen LogP contribution in [-0.2, 0) is 32.7 Å². The van der Waals surface area contributed by atoms with E-state index in [1.54, 1.807) is 42.5 Å². The summed E-state index contributed by atoms with van der Waals surface area (Å²) >= 11 is 0. The highest BCUT2D eigenvalue weighted by Crippen LogP contribution is 2.25. The van der Waals surface area contributed by atoms with E-state index in [9.17, 15) is 18.0 Å². The van der Waals surface area contributed by atoms with Gasteiger partial charge in [0, 0.05) is 26.1 Å². The van der Waals surface area contributed by atoms with Crippen molar-refractivity contribution in [1.82, 2.24) is 10.2 Å². The third-order valence-corrected chi connectivity index (χ3v) is 8.03. The summed E-state index contributed by atoms with van der Waals surface area (Å²) in [6.45, 7) is 5.08. The van der Waals surface area contributed by atoms with Gasteiger partial charge in [0.2, 0.25) is 11.8 Å². The second kappa shape index (κ2) is 11.0. The van der Waals surface area contributed by atoms with Crippen molar-refractivity contribution >= 4 is 27.5 Å². The molecule has 0 unspecified atom stereocenters. The van der Waals surface area contributed by atoms with E-state index >= 15 is 0 Å².